The van der Waals surface area contributed by atoms with Crippen molar-refractivity contribution in [3.05, 3.63) is 35.9 Å². The lowest BCUT2D eigenvalue weighted by atomic mass is 9.64. The molecule has 2 rings (SSSR count). The number of aliphatic imine (C=N–C) groups is 1. The van der Waals surface area contributed by atoms with Crippen LogP contribution in [0.4, 0.5) is 0 Å². The van der Waals surface area contributed by atoms with Gasteiger partial charge in [-0.05, 0) is 32.3 Å². The third kappa shape index (κ3) is 5.35. The highest BCUT2D eigenvalue weighted by atomic mass is 127. The highest BCUT2D eigenvalue weighted by Crippen LogP contribution is 2.43. The molecule has 1 aromatic carbocycles. The van der Waals surface area contributed by atoms with Crippen molar-refractivity contribution in [3.8, 4) is 0 Å². The molecule has 0 atom stereocenters. The molecular weight excluding hydrogens is 401 g/mol. The van der Waals surface area contributed by atoms with Crippen LogP contribution in [0.15, 0.2) is 35.3 Å². The molecule has 1 aromatic rings. The Kier molecular flexibility index (Phi) is 7.80. The molecule has 2 N–H and O–H groups in total. The molecule has 1 aliphatic rings. The summed E-state index contributed by atoms with van der Waals surface area (Å²) in [5, 5.41) is 6.84. The van der Waals surface area contributed by atoms with E-state index in [-0.39, 0.29) is 35.0 Å². The SMILES string of the molecule is CN=C(NCC(C)(C)OC)NCC1(c2ccccc2)CCC1.I. The van der Waals surface area contributed by atoms with E-state index in [0.29, 0.717) is 0 Å². The van der Waals surface area contributed by atoms with Gasteiger partial charge < -0.3 is 15.4 Å². The molecule has 130 valence electrons. The van der Waals surface area contributed by atoms with E-state index < -0.39 is 0 Å². The Labute approximate surface area is 157 Å². The first kappa shape index (κ1) is 20.2. The summed E-state index contributed by atoms with van der Waals surface area (Å²) < 4.78 is 5.43. The Morgan fingerprint density at radius 3 is 2.35 bits per heavy atom. The van der Waals surface area contributed by atoms with Crippen LogP contribution in [-0.2, 0) is 10.2 Å². The highest BCUT2D eigenvalue weighted by Gasteiger charge is 2.38. The van der Waals surface area contributed by atoms with Crippen LogP contribution in [0.25, 0.3) is 0 Å². The molecule has 1 fully saturated rings. The van der Waals surface area contributed by atoms with Gasteiger partial charge in [0.2, 0.25) is 0 Å². The molecule has 1 saturated carbocycles. The number of nitrogens with one attached hydrogen (secondary N) is 2. The van der Waals surface area contributed by atoms with Crippen molar-refractivity contribution < 1.29 is 4.74 Å². The number of hydrogen-bond acceptors (Lipinski definition) is 2. The van der Waals surface area contributed by atoms with Crippen molar-refractivity contribution >= 4 is 29.9 Å². The monoisotopic (exact) mass is 431 g/mol. The fraction of sp³-hybridized carbons (Fsp3) is 0.611. The minimum Gasteiger partial charge on any atom is -0.377 e. The Morgan fingerprint density at radius 2 is 1.87 bits per heavy atom. The van der Waals surface area contributed by atoms with Gasteiger partial charge in [-0.25, -0.2) is 0 Å². The average molecular weight is 431 g/mol. The lowest BCUT2D eigenvalue weighted by Crippen LogP contribution is -2.51. The second-order valence-corrected chi connectivity index (χ2v) is 6.74. The normalized spacial score (nSPS) is 17.0. The Morgan fingerprint density at radius 1 is 1.22 bits per heavy atom. The van der Waals surface area contributed by atoms with E-state index in [9.17, 15) is 0 Å². The third-order valence-electron chi connectivity index (χ3n) is 4.75. The number of guanidine groups is 1. The molecule has 5 heteroatoms. The fourth-order valence-corrected chi connectivity index (χ4v) is 2.81. The summed E-state index contributed by atoms with van der Waals surface area (Å²) >= 11 is 0. The van der Waals surface area contributed by atoms with Gasteiger partial charge in [0.25, 0.3) is 0 Å². The molecule has 0 unspecified atom stereocenters. The summed E-state index contributed by atoms with van der Waals surface area (Å²) in [5.41, 5.74) is 1.49. The van der Waals surface area contributed by atoms with Gasteiger partial charge in [0, 0.05) is 32.7 Å². The molecular formula is C18H30IN3O. The number of hydrogen-bond donors (Lipinski definition) is 2. The summed E-state index contributed by atoms with van der Waals surface area (Å²) in [6.07, 6.45) is 3.79. The van der Waals surface area contributed by atoms with Gasteiger partial charge >= 0.3 is 0 Å². The van der Waals surface area contributed by atoms with E-state index in [4.69, 9.17) is 4.74 Å². The lowest BCUT2D eigenvalue weighted by Gasteiger charge is -2.43. The van der Waals surface area contributed by atoms with E-state index >= 15 is 0 Å². The molecule has 0 spiro atoms. The van der Waals surface area contributed by atoms with Crippen molar-refractivity contribution in [2.75, 3.05) is 27.2 Å². The zero-order valence-electron chi connectivity index (χ0n) is 14.7. The zero-order valence-corrected chi connectivity index (χ0v) is 17.0. The van der Waals surface area contributed by atoms with Gasteiger partial charge in [0.05, 0.1) is 5.60 Å². The molecule has 0 bridgehead atoms. The van der Waals surface area contributed by atoms with Gasteiger partial charge in [-0.1, -0.05) is 36.8 Å². The summed E-state index contributed by atoms with van der Waals surface area (Å²) in [7, 11) is 3.54. The molecule has 0 aliphatic heterocycles. The number of halogens is 1. The summed E-state index contributed by atoms with van der Waals surface area (Å²) in [6.45, 7) is 5.76. The fourth-order valence-electron chi connectivity index (χ4n) is 2.81. The quantitative estimate of drug-likeness (QED) is 0.413. The molecule has 4 nitrogen and oxygen atoms in total. The smallest absolute Gasteiger partial charge is 0.191 e. The van der Waals surface area contributed by atoms with E-state index in [1.807, 2.05) is 7.05 Å². The van der Waals surface area contributed by atoms with Crippen LogP contribution in [-0.4, -0.2) is 38.8 Å². The van der Waals surface area contributed by atoms with Crippen LogP contribution in [0.5, 0.6) is 0 Å². The van der Waals surface area contributed by atoms with Gasteiger partial charge in [-0.15, -0.1) is 24.0 Å². The Balaban J connectivity index is 0.00000264. The van der Waals surface area contributed by atoms with Gasteiger partial charge in [0.15, 0.2) is 5.96 Å². The van der Waals surface area contributed by atoms with Gasteiger partial charge in [-0.3, -0.25) is 4.99 Å². The number of nitrogens with zero attached hydrogens (tertiary/aromatic N) is 1. The first-order valence-corrected chi connectivity index (χ1v) is 8.07. The predicted octanol–water partition coefficient (Wildman–Crippen LogP) is 3.32. The second-order valence-electron chi connectivity index (χ2n) is 6.74. The van der Waals surface area contributed by atoms with E-state index in [1.165, 1.54) is 24.8 Å². The van der Waals surface area contributed by atoms with Crippen molar-refractivity contribution in [1.82, 2.24) is 10.6 Å². The zero-order chi connectivity index (χ0) is 16.1. The number of benzene rings is 1. The number of methoxy groups -OCH3 is 1. The first-order valence-electron chi connectivity index (χ1n) is 8.07. The maximum Gasteiger partial charge on any atom is 0.191 e. The minimum absolute atomic E-state index is 0. The predicted molar refractivity (Wildman–Crippen MR) is 108 cm³/mol. The van der Waals surface area contributed by atoms with Gasteiger partial charge in [0.1, 0.15) is 0 Å². The minimum atomic E-state index is -0.203. The number of rotatable bonds is 6. The standard InChI is InChI=1S/C18H29N3O.HI/c1-17(2,22-4)13-20-16(19-3)21-14-18(11-8-12-18)15-9-6-5-7-10-15;/h5-7,9-10H,8,11-14H2,1-4H3,(H2,19,20,21);1H. The maximum absolute atomic E-state index is 5.43. The molecule has 0 heterocycles. The first-order chi connectivity index (χ1) is 10.5. The molecule has 0 aromatic heterocycles. The largest absolute Gasteiger partial charge is 0.377 e. The second kappa shape index (κ2) is 8.87. The molecule has 0 radical (unpaired) electrons. The van der Waals surface area contributed by atoms with Crippen molar-refractivity contribution in [3.63, 3.8) is 0 Å². The Hall–Kier alpha value is -0.820. The molecule has 23 heavy (non-hydrogen) atoms. The summed E-state index contributed by atoms with van der Waals surface area (Å²) in [5.74, 6) is 0.840. The lowest BCUT2D eigenvalue weighted by molar-refractivity contribution is 0.0268. The average Bonchev–Trinajstić information content (AvgIpc) is 2.50. The molecule has 0 amide bonds. The van der Waals surface area contributed by atoms with Gasteiger partial charge in [-0.2, -0.15) is 0 Å². The van der Waals surface area contributed by atoms with Crippen molar-refractivity contribution in [1.29, 1.82) is 0 Å². The van der Waals surface area contributed by atoms with Crippen LogP contribution in [0.3, 0.4) is 0 Å². The topological polar surface area (TPSA) is 45.7 Å². The number of ether oxygens (including phenoxy) is 1. The molecule has 1 aliphatic carbocycles. The summed E-state index contributed by atoms with van der Waals surface area (Å²) in [6, 6.07) is 10.8. The summed E-state index contributed by atoms with van der Waals surface area (Å²) in [4.78, 5) is 4.32. The van der Waals surface area contributed by atoms with Crippen LogP contribution in [0.1, 0.15) is 38.7 Å². The van der Waals surface area contributed by atoms with E-state index in [2.05, 4.69) is 59.8 Å². The van der Waals surface area contributed by atoms with Crippen LogP contribution < -0.4 is 10.6 Å². The highest BCUT2D eigenvalue weighted by molar-refractivity contribution is 14.0. The maximum atomic E-state index is 5.43. The van der Waals surface area contributed by atoms with Crippen LogP contribution in [0, 0.1) is 0 Å². The molecule has 0 saturated heterocycles. The van der Waals surface area contributed by atoms with Crippen molar-refractivity contribution in [2.45, 2.75) is 44.1 Å². The van der Waals surface area contributed by atoms with Crippen molar-refractivity contribution in [2.24, 2.45) is 4.99 Å². The Bertz CT molecular complexity index is 498. The van der Waals surface area contributed by atoms with E-state index in [1.54, 1.807) is 7.11 Å². The third-order valence-corrected chi connectivity index (χ3v) is 4.75. The van der Waals surface area contributed by atoms with Crippen LogP contribution >= 0.6 is 24.0 Å². The van der Waals surface area contributed by atoms with E-state index in [0.717, 1.165) is 19.0 Å². The van der Waals surface area contributed by atoms with Crippen LogP contribution in [0.2, 0.25) is 0 Å².